The number of β-amino-alcohol motifs (C(OH)–C–C–N with tert-alkyl or cyclic N) is 1. The van der Waals surface area contributed by atoms with Gasteiger partial charge in [0.25, 0.3) is 6.43 Å². The summed E-state index contributed by atoms with van der Waals surface area (Å²) in [5.41, 5.74) is 8.24. The zero-order valence-corrected chi connectivity index (χ0v) is 15.6. The number of hydrogen-bond donors (Lipinski definition) is 2. The molecule has 5 nitrogen and oxygen atoms in total. The van der Waals surface area contributed by atoms with Crippen molar-refractivity contribution < 1.29 is 18.7 Å². The van der Waals surface area contributed by atoms with Crippen LogP contribution in [-0.4, -0.2) is 39.6 Å². The molecule has 3 atom stereocenters. The van der Waals surface area contributed by atoms with Gasteiger partial charge in [-0.15, -0.1) is 23.7 Å². The molecule has 2 unspecified atom stereocenters. The first-order chi connectivity index (χ1) is 11.9. The van der Waals surface area contributed by atoms with Crippen molar-refractivity contribution in [1.29, 1.82) is 0 Å². The number of nitrogens with zero attached hydrogens (tertiary/aromatic N) is 2. The lowest BCUT2D eigenvalue weighted by atomic mass is 10.0. The highest BCUT2D eigenvalue weighted by Gasteiger charge is 2.37. The van der Waals surface area contributed by atoms with E-state index in [1.807, 2.05) is 24.0 Å². The molecule has 1 aliphatic rings. The first-order valence-corrected chi connectivity index (χ1v) is 8.81. The lowest BCUT2D eigenvalue weighted by Crippen LogP contribution is -2.41. The number of nitrogens with two attached hydrogens (primary N) is 1. The second kappa shape index (κ2) is 8.39. The van der Waals surface area contributed by atoms with E-state index in [9.17, 15) is 18.7 Å². The van der Waals surface area contributed by atoms with Gasteiger partial charge in [0.05, 0.1) is 22.5 Å². The Morgan fingerprint density at radius 2 is 2.04 bits per heavy atom. The van der Waals surface area contributed by atoms with Crippen LogP contribution in [0.1, 0.15) is 37.1 Å². The standard InChI is InChI=1S/C17H19F2N3O2S.ClH/c1-9(22-7-12(23)6-13(22)17(20)24)10-2-4-11(5-3-10)15-14(16(18)19)21-8-25-15;/h2-5,8-9,12-13,16,23H,6-7H2,1H3,(H2,20,24);1H/t9-,12?,13?;/m0./s1. The Morgan fingerprint density at radius 3 is 2.62 bits per heavy atom. The van der Waals surface area contributed by atoms with E-state index in [0.29, 0.717) is 23.4 Å². The molecule has 3 rings (SSSR count). The topological polar surface area (TPSA) is 79.4 Å². The fourth-order valence-electron chi connectivity index (χ4n) is 3.28. The maximum Gasteiger partial charge on any atom is 0.281 e. The SMILES string of the molecule is C[C@@H](c1ccc(-c2scnc2C(F)F)cc1)N1CC(O)CC1C(N)=O.Cl. The Kier molecular flexibility index (Phi) is 6.68. The van der Waals surface area contributed by atoms with E-state index in [0.717, 1.165) is 5.56 Å². The molecule has 0 aliphatic carbocycles. The molecule has 26 heavy (non-hydrogen) atoms. The van der Waals surface area contributed by atoms with E-state index in [-0.39, 0.29) is 24.1 Å². The molecular formula is C17H20ClF2N3O2S. The van der Waals surface area contributed by atoms with Gasteiger partial charge in [0.2, 0.25) is 5.91 Å². The molecule has 1 aromatic carbocycles. The molecule has 1 aliphatic heterocycles. The molecule has 1 saturated heterocycles. The summed E-state index contributed by atoms with van der Waals surface area (Å²) in [6, 6.07) is 6.61. The van der Waals surface area contributed by atoms with Crippen LogP contribution in [0, 0.1) is 0 Å². The third kappa shape index (κ3) is 4.03. The van der Waals surface area contributed by atoms with Crippen LogP contribution in [0.25, 0.3) is 10.4 Å². The summed E-state index contributed by atoms with van der Waals surface area (Å²) >= 11 is 1.18. The number of hydrogen-bond acceptors (Lipinski definition) is 5. The van der Waals surface area contributed by atoms with Crippen LogP contribution in [0.5, 0.6) is 0 Å². The maximum atomic E-state index is 13.0. The Labute approximate surface area is 160 Å². The minimum atomic E-state index is -2.61. The fourth-order valence-corrected chi connectivity index (χ4v) is 4.08. The van der Waals surface area contributed by atoms with Crippen molar-refractivity contribution in [3.05, 3.63) is 41.0 Å². The van der Waals surface area contributed by atoms with Gasteiger partial charge in [0.15, 0.2) is 0 Å². The average Bonchev–Trinajstić information content (AvgIpc) is 3.21. The van der Waals surface area contributed by atoms with E-state index in [4.69, 9.17) is 5.73 Å². The third-order valence-electron chi connectivity index (χ3n) is 4.60. The van der Waals surface area contributed by atoms with Gasteiger partial charge < -0.3 is 10.8 Å². The van der Waals surface area contributed by atoms with Crippen LogP contribution in [0.15, 0.2) is 29.8 Å². The molecule has 0 bridgehead atoms. The molecule has 2 heterocycles. The fraction of sp³-hybridized carbons (Fsp3) is 0.412. The Morgan fingerprint density at radius 1 is 1.38 bits per heavy atom. The zero-order chi connectivity index (χ0) is 18.1. The number of thiazole rings is 1. The van der Waals surface area contributed by atoms with Gasteiger partial charge in [-0.2, -0.15) is 0 Å². The first-order valence-electron chi connectivity index (χ1n) is 7.93. The van der Waals surface area contributed by atoms with Crippen molar-refractivity contribution in [3.63, 3.8) is 0 Å². The summed E-state index contributed by atoms with van der Waals surface area (Å²) in [5.74, 6) is -0.453. The van der Waals surface area contributed by atoms with Crippen LogP contribution in [0.2, 0.25) is 0 Å². The molecule has 0 saturated carbocycles. The molecule has 0 radical (unpaired) electrons. The highest BCUT2D eigenvalue weighted by atomic mass is 35.5. The van der Waals surface area contributed by atoms with Crippen molar-refractivity contribution in [1.82, 2.24) is 9.88 Å². The number of halogens is 3. The number of likely N-dealkylation sites (tertiary alicyclic amines) is 1. The third-order valence-corrected chi connectivity index (χ3v) is 5.49. The number of benzene rings is 1. The number of aliphatic hydroxyl groups excluding tert-OH is 1. The Bertz CT molecular complexity index is 757. The molecule has 142 valence electrons. The largest absolute Gasteiger partial charge is 0.392 e. The van der Waals surface area contributed by atoms with Gasteiger partial charge in [0, 0.05) is 12.6 Å². The van der Waals surface area contributed by atoms with E-state index < -0.39 is 24.5 Å². The zero-order valence-electron chi connectivity index (χ0n) is 14.0. The van der Waals surface area contributed by atoms with E-state index in [2.05, 4.69) is 4.98 Å². The maximum absolute atomic E-state index is 13.0. The van der Waals surface area contributed by atoms with Crippen molar-refractivity contribution in [2.75, 3.05) is 6.54 Å². The van der Waals surface area contributed by atoms with Crippen LogP contribution < -0.4 is 5.73 Å². The van der Waals surface area contributed by atoms with Gasteiger partial charge in [-0.25, -0.2) is 13.8 Å². The van der Waals surface area contributed by atoms with E-state index >= 15 is 0 Å². The molecule has 9 heteroatoms. The van der Waals surface area contributed by atoms with Crippen LogP contribution in [0.3, 0.4) is 0 Å². The number of amides is 1. The highest BCUT2D eigenvalue weighted by Crippen LogP contribution is 2.35. The van der Waals surface area contributed by atoms with Gasteiger partial charge >= 0.3 is 0 Å². The highest BCUT2D eigenvalue weighted by molar-refractivity contribution is 7.13. The summed E-state index contributed by atoms with van der Waals surface area (Å²) in [5, 5.41) is 9.84. The van der Waals surface area contributed by atoms with Crippen molar-refractivity contribution >= 4 is 29.7 Å². The summed E-state index contributed by atoms with van der Waals surface area (Å²) in [7, 11) is 0. The second-order valence-corrected chi connectivity index (χ2v) is 7.02. The minimum Gasteiger partial charge on any atom is -0.392 e. The van der Waals surface area contributed by atoms with Crippen LogP contribution >= 0.6 is 23.7 Å². The molecule has 1 aromatic heterocycles. The van der Waals surface area contributed by atoms with Gasteiger partial charge in [-0.3, -0.25) is 9.69 Å². The Hall–Kier alpha value is -1.61. The predicted octanol–water partition coefficient (Wildman–Crippen LogP) is 3.15. The smallest absolute Gasteiger partial charge is 0.281 e. The van der Waals surface area contributed by atoms with Gasteiger partial charge in [-0.1, -0.05) is 24.3 Å². The van der Waals surface area contributed by atoms with Crippen LogP contribution in [0.4, 0.5) is 8.78 Å². The number of carbonyl (C=O) groups excluding carboxylic acids is 1. The number of rotatable bonds is 5. The summed E-state index contributed by atoms with van der Waals surface area (Å²) < 4.78 is 26.0. The van der Waals surface area contributed by atoms with Gasteiger partial charge in [0.1, 0.15) is 5.69 Å². The Balaban J connectivity index is 0.00000243. The molecule has 1 amide bonds. The minimum absolute atomic E-state index is 0. The number of alkyl halides is 2. The molecule has 1 fully saturated rings. The van der Waals surface area contributed by atoms with Gasteiger partial charge in [-0.05, 0) is 24.5 Å². The van der Waals surface area contributed by atoms with E-state index in [1.54, 1.807) is 12.1 Å². The number of primary amides is 1. The van der Waals surface area contributed by atoms with E-state index in [1.165, 1.54) is 16.8 Å². The van der Waals surface area contributed by atoms with Crippen molar-refractivity contribution in [3.8, 4) is 10.4 Å². The molecule has 0 spiro atoms. The lowest BCUT2D eigenvalue weighted by molar-refractivity contribution is -0.122. The predicted molar refractivity (Wildman–Crippen MR) is 98.5 cm³/mol. The lowest BCUT2D eigenvalue weighted by Gasteiger charge is -2.29. The van der Waals surface area contributed by atoms with Crippen molar-refractivity contribution in [2.24, 2.45) is 5.73 Å². The van der Waals surface area contributed by atoms with Crippen LogP contribution in [-0.2, 0) is 4.79 Å². The summed E-state index contributed by atoms with van der Waals surface area (Å²) in [6.07, 6.45) is -2.86. The molecular weight excluding hydrogens is 384 g/mol. The number of aromatic nitrogens is 1. The second-order valence-electron chi connectivity index (χ2n) is 6.17. The first kappa shape index (κ1) is 20.7. The summed E-state index contributed by atoms with van der Waals surface area (Å²) in [4.78, 5) is 17.7. The average molecular weight is 404 g/mol. The molecule has 2 aromatic rings. The quantitative estimate of drug-likeness (QED) is 0.803. The monoisotopic (exact) mass is 403 g/mol. The van der Waals surface area contributed by atoms with Crippen molar-refractivity contribution in [2.45, 2.75) is 38.0 Å². The molecule has 3 N–H and O–H groups in total. The normalized spacial score (nSPS) is 21.6. The summed E-state index contributed by atoms with van der Waals surface area (Å²) in [6.45, 7) is 2.31. The number of aliphatic hydroxyl groups is 1. The number of carbonyl (C=O) groups is 1.